The third kappa shape index (κ3) is 4.25. The number of nitrogens with one attached hydrogen (secondary N) is 1. The molecule has 106 valence electrons. The fourth-order valence-corrected chi connectivity index (χ4v) is 2.61. The van der Waals surface area contributed by atoms with Crippen LogP contribution < -0.4 is 11.1 Å². The number of likely N-dealkylation sites (tertiary alicyclic amines) is 1. The van der Waals surface area contributed by atoms with Crippen molar-refractivity contribution < 1.29 is 4.79 Å². The summed E-state index contributed by atoms with van der Waals surface area (Å²) in [5.74, 6) is 0.632. The molecule has 0 aliphatic carbocycles. The number of nitrogens with two attached hydrogens (primary N) is 1. The Hall–Kier alpha value is -0.610. The van der Waals surface area contributed by atoms with Crippen molar-refractivity contribution in [2.24, 2.45) is 11.7 Å². The summed E-state index contributed by atoms with van der Waals surface area (Å²) in [5, 5.41) is 3.05. The van der Waals surface area contributed by atoms with Crippen LogP contribution in [0.15, 0.2) is 0 Å². The Morgan fingerprint density at radius 1 is 1.44 bits per heavy atom. The summed E-state index contributed by atoms with van der Waals surface area (Å²) in [6.45, 7) is 7.45. The lowest BCUT2D eigenvalue weighted by molar-refractivity contribution is -0.124. The lowest BCUT2D eigenvalue weighted by atomic mass is 9.97. The third-order valence-electron chi connectivity index (χ3n) is 4.54. The molecular weight excluding hydrogens is 226 g/mol. The first-order chi connectivity index (χ1) is 8.51. The van der Waals surface area contributed by atoms with Crippen LogP contribution in [0.4, 0.5) is 0 Å². The zero-order valence-corrected chi connectivity index (χ0v) is 12.2. The van der Waals surface area contributed by atoms with Crippen LogP contribution in [0.3, 0.4) is 0 Å². The van der Waals surface area contributed by atoms with E-state index in [1.165, 1.54) is 25.7 Å². The average molecular weight is 255 g/mol. The number of nitrogens with zero attached hydrogens (tertiary/aromatic N) is 1. The molecule has 0 aromatic heterocycles. The maximum absolute atomic E-state index is 11.4. The van der Waals surface area contributed by atoms with E-state index in [0.29, 0.717) is 0 Å². The molecule has 2 atom stereocenters. The van der Waals surface area contributed by atoms with Crippen LogP contribution >= 0.6 is 0 Å². The minimum atomic E-state index is -0.573. The van der Waals surface area contributed by atoms with E-state index in [0.717, 1.165) is 32.0 Å². The summed E-state index contributed by atoms with van der Waals surface area (Å²) < 4.78 is 0. The van der Waals surface area contributed by atoms with Gasteiger partial charge in [-0.2, -0.15) is 0 Å². The van der Waals surface area contributed by atoms with Gasteiger partial charge in [0.2, 0.25) is 5.91 Å². The zero-order valence-electron chi connectivity index (χ0n) is 12.2. The molecule has 18 heavy (non-hydrogen) atoms. The summed E-state index contributed by atoms with van der Waals surface area (Å²) >= 11 is 0. The summed E-state index contributed by atoms with van der Waals surface area (Å²) in [7, 11) is 1.81. The highest BCUT2D eigenvalue weighted by molar-refractivity contribution is 5.84. The Morgan fingerprint density at radius 2 is 2.17 bits per heavy atom. The number of carbonyl (C=O) groups is 1. The highest BCUT2D eigenvalue weighted by Crippen LogP contribution is 2.21. The van der Waals surface area contributed by atoms with Gasteiger partial charge in [-0.3, -0.25) is 4.79 Å². The number of likely N-dealkylation sites (N-methyl/N-ethyl adjacent to an activating group) is 1. The molecule has 2 unspecified atom stereocenters. The van der Waals surface area contributed by atoms with Gasteiger partial charge in [-0.25, -0.2) is 0 Å². The van der Waals surface area contributed by atoms with Crippen molar-refractivity contribution >= 4 is 5.91 Å². The van der Waals surface area contributed by atoms with Gasteiger partial charge in [0, 0.05) is 6.54 Å². The second-order valence-electron chi connectivity index (χ2n) is 5.74. The van der Waals surface area contributed by atoms with Gasteiger partial charge < -0.3 is 16.0 Å². The van der Waals surface area contributed by atoms with Crippen molar-refractivity contribution in [3.05, 3.63) is 0 Å². The van der Waals surface area contributed by atoms with Crippen molar-refractivity contribution in [3.63, 3.8) is 0 Å². The number of carbonyl (C=O) groups excluding carboxylic acids is 1. The van der Waals surface area contributed by atoms with Crippen LogP contribution in [-0.2, 0) is 4.79 Å². The smallest absolute Gasteiger partial charge is 0.237 e. The van der Waals surface area contributed by atoms with E-state index in [1.807, 2.05) is 6.92 Å². The van der Waals surface area contributed by atoms with Crippen LogP contribution in [0.1, 0.15) is 46.0 Å². The molecule has 1 saturated heterocycles. The molecule has 0 radical (unpaired) electrons. The molecule has 3 N–H and O–H groups in total. The first-order valence-electron chi connectivity index (χ1n) is 7.23. The molecule has 1 amide bonds. The monoisotopic (exact) mass is 255 g/mol. The van der Waals surface area contributed by atoms with Gasteiger partial charge in [-0.1, -0.05) is 13.3 Å². The Balaban J connectivity index is 2.41. The van der Waals surface area contributed by atoms with Gasteiger partial charge in [0.1, 0.15) is 0 Å². The SMILES string of the molecule is CCC1CCCN(CCC(C)(NC)C(N)=O)CC1. The predicted molar refractivity (Wildman–Crippen MR) is 75.3 cm³/mol. The molecule has 0 spiro atoms. The van der Waals surface area contributed by atoms with Gasteiger partial charge in [-0.15, -0.1) is 0 Å². The summed E-state index contributed by atoms with van der Waals surface area (Å²) in [6, 6.07) is 0. The van der Waals surface area contributed by atoms with Crippen molar-refractivity contribution in [3.8, 4) is 0 Å². The Kier molecular flexibility index (Phi) is 6.09. The molecule has 0 bridgehead atoms. The number of primary amides is 1. The van der Waals surface area contributed by atoms with Crippen molar-refractivity contribution in [1.82, 2.24) is 10.2 Å². The van der Waals surface area contributed by atoms with Gasteiger partial charge in [-0.05, 0) is 58.7 Å². The highest BCUT2D eigenvalue weighted by Gasteiger charge is 2.29. The van der Waals surface area contributed by atoms with Gasteiger partial charge in [0.15, 0.2) is 0 Å². The summed E-state index contributed by atoms with van der Waals surface area (Å²) in [5.41, 5.74) is 4.88. The number of amides is 1. The van der Waals surface area contributed by atoms with E-state index >= 15 is 0 Å². The van der Waals surface area contributed by atoms with E-state index in [4.69, 9.17) is 5.73 Å². The first-order valence-corrected chi connectivity index (χ1v) is 7.23. The van der Waals surface area contributed by atoms with Gasteiger partial charge in [0.25, 0.3) is 0 Å². The lowest BCUT2D eigenvalue weighted by Gasteiger charge is -2.29. The van der Waals surface area contributed by atoms with Gasteiger partial charge >= 0.3 is 0 Å². The molecular formula is C14H29N3O. The minimum Gasteiger partial charge on any atom is -0.368 e. The molecule has 1 aliphatic heterocycles. The second kappa shape index (κ2) is 7.10. The molecule has 1 aliphatic rings. The first kappa shape index (κ1) is 15.4. The fourth-order valence-electron chi connectivity index (χ4n) is 2.61. The van der Waals surface area contributed by atoms with Crippen LogP contribution in [0.2, 0.25) is 0 Å². The molecule has 1 heterocycles. The Morgan fingerprint density at radius 3 is 2.72 bits per heavy atom. The summed E-state index contributed by atoms with van der Waals surface area (Å²) in [6.07, 6.45) is 6.01. The van der Waals surface area contributed by atoms with Gasteiger partial charge in [0.05, 0.1) is 5.54 Å². The molecule has 4 heteroatoms. The maximum atomic E-state index is 11.4. The van der Waals surface area contributed by atoms with Crippen molar-refractivity contribution in [1.29, 1.82) is 0 Å². The second-order valence-corrected chi connectivity index (χ2v) is 5.74. The van der Waals surface area contributed by atoms with Crippen LogP contribution in [0.25, 0.3) is 0 Å². The predicted octanol–water partition coefficient (Wildman–Crippen LogP) is 1.35. The normalized spacial score (nSPS) is 25.4. The topological polar surface area (TPSA) is 58.4 Å². The number of hydrogen-bond acceptors (Lipinski definition) is 3. The van der Waals surface area contributed by atoms with E-state index < -0.39 is 5.54 Å². The standard InChI is InChI=1S/C14H29N3O/c1-4-12-6-5-9-17(10-7-12)11-8-14(2,16-3)13(15)18/h12,16H,4-11H2,1-3H3,(H2,15,18). The van der Waals surface area contributed by atoms with Crippen molar-refractivity contribution in [2.45, 2.75) is 51.5 Å². The summed E-state index contributed by atoms with van der Waals surface area (Å²) in [4.78, 5) is 13.9. The third-order valence-corrected chi connectivity index (χ3v) is 4.54. The quantitative estimate of drug-likeness (QED) is 0.753. The molecule has 4 nitrogen and oxygen atoms in total. The van der Waals surface area contributed by atoms with E-state index in [-0.39, 0.29) is 5.91 Å². The molecule has 1 rings (SSSR count). The lowest BCUT2D eigenvalue weighted by Crippen LogP contribution is -2.53. The van der Waals surface area contributed by atoms with Crippen LogP contribution in [0, 0.1) is 5.92 Å². The van der Waals surface area contributed by atoms with E-state index in [2.05, 4.69) is 17.1 Å². The number of rotatable bonds is 6. The van der Waals surface area contributed by atoms with Crippen molar-refractivity contribution in [2.75, 3.05) is 26.7 Å². The number of hydrogen-bond donors (Lipinski definition) is 2. The molecule has 0 aromatic rings. The zero-order chi connectivity index (χ0) is 13.6. The average Bonchev–Trinajstić information content (AvgIpc) is 2.60. The van der Waals surface area contributed by atoms with E-state index in [9.17, 15) is 4.79 Å². The van der Waals surface area contributed by atoms with Crippen LogP contribution in [-0.4, -0.2) is 43.0 Å². The Bertz CT molecular complexity index is 270. The maximum Gasteiger partial charge on any atom is 0.237 e. The minimum absolute atomic E-state index is 0.258. The largest absolute Gasteiger partial charge is 0.368 e. The van der Waals surface area contributed by atoms with E-state index in [1.54, 1.807) is 7.05 Å². The highest BCUT2D eigenvalue weighted by atomic mass is 16.1. The Labute approximate surface area is 111 Å². The molecule has 1 fully saturated rings. The molecule has 0 aromatic carbocycles. The fraction of sp³-hybridized carbons (Fsp3) is 0.929. The molecule has 0 saturated carbocycles. The van der Waals surface area contributed by atoms with Crippen LogP contribution in [0.5, 0.6) is 0 Å².